The molecule has 34 heavy (non-hydrogen) atoms. The van der Waals surface area contributed by atoms with Gasteiger partial charge in [-0.2, -0.15) is 4.31 Å². The third kappa shape index (κ3) is 3.91. The first-order valence-electron chi connectivity index (χ1n) is 11.2. The molecular formula is C25H26N4O4S. The number of hydrogen-bond acceptors (Lipinski definition) is 5. The number of carbonyl (C=O) groups is 1. The minimum Gasteiger partial charge on any atom is -0.360 e. The number of piperazine rings is 1. The number of aromatic nitrogens is 2. The van der Waals surface area contributed by atoms with Crippen molar-refractivity contribution in [2.45, 2.75) is 25.3 Å². The molecule has 4 aromatic rings. The van der Waals surface area contributed by atoms with Crippen molar-refractivity contribution in [3.05, 3.63) is 72.1 Å². The van der Waals surface area contributed by atoms with Crippen LogP contribution in [-0.4, -0.2) is 59.4 Å². The highest BCUT2D eigenvalue weighted by Gasteiger charge is 2.34. The van der Waals surface area contributed by atoms with Gasteiger partial charge in [0.25, 0.3) is 0 Å². The zero-order chi connectivity index (χ0) is 23.9. The minimum atomic E-state index is -3.72. The Labute approximate surface area is 198 Å². The highest BCUT2D eigenvalue weighted by Crippen LogP contribution is 2.29. The van der Waals surface area contributed by atoms with Crippen LogP contribution in [0.4, 0.5) is 0 Å². The Hall–Kier alpha value is -3.43. The van der Waals surface area contributed by atoms with E-state index < -0.39 is 10.0 Å². The van der Waals surface area contributed by atoms with E-state index in [4.69, 9.17) is 4.52 Å². The van der Waals surface area contributed by atoms with E-state index in [1.54, 1.807) is 18.7 Å². The van der Waals surface area contributed by atoms with Crippen molar-refractivity contribution in [2.75, 3.05) is 26.2 Å². The van der Waals surface area contributed by atoms with Gasteiger partial charge in [-0.05, 0) is 31.5 Å². The number of rotatable bonds is 5. The smallest absolute Gasteiger partial charge is 0.248 e. The molecule has 1 amide bonds. The van der Waals surface area contributed by atoms with Crippen LogP contribution >= 0.6 is 0 Å². The normalized spacial score (nSPS) is 15.2. The quantitative estimate of drug-likeness (QED) is 0.438. The van der Waals surface area contributed by atoms with Crippen molar-refractivity contribution < 1.29 is 17.7 Å². The lowest BCUT2D eigenvalue weighted by Crippen LogP contribution is -2.51. The number of para-hydroxylation sites is 1. The molecule has 0 bridgehead atoms. The molecule has 9 heteroatoms. The first kappa shape index (κ1) is 22.4. The lowest BCUT2D eigenvalue weighted by Gasteiger charge is -2.34. The Morgan fingerprint density at radius 3 is 2.32 bits per heavy atom. The number of aryl methyl sites for hydroxylation is 2. The molecule has 5 rings (SSSR count). The second kappa shape index (κ2) is 8.73. The average Bonchev–Trinajstić information content (AvgIpc) is 3.39. The van der Waals surface area contributed by atoms with Crippen molar-refractivity contribution in [1.82, 2.24) is 18.9 Å². The molecule has 1 saturated heterocycles. The molecule has 0 radical (unpaired) electrons. The van der Waals surface area contributed by atoms with Crippen LogP contribution in [0.15, 0.2) is 70.1 Å². The van der Waals surface area contributed by atoms with Gasteiger partial charge in [-0.25, -0.2) is 8.42 Å². The van der Waals surface area contributed by atoms with Crippen LogP contribution in [0.1, 0.15) is 11.5 Å². The van der Waals surface area contributed by atoms with Gasteiger partial charge in [0.1, 0.15) is 17.1 Å². The fraction of sp³-hybridized carbons (Fsp3) is 0.280. The third-order valence-electron chi connectivity index (χ3n) is 6.33. The lowest BCUT2D eigenvalue weighted by atomic mass is 10.1. The zero-order valence-electron chi connectivity index (χ0n) is 19.1. The SMILES string of the molecule is Cc1noc(C)c1S(=O)(=O)N1CCN(C(=O)Cn2c(-c3ccccc3)cc3ccccc32)CC1. The molecule has 0 saturated carbocycles. The number of amides is 1. The average molecular weight is 479 g/mol. The van der Waals surface area contributed by atoms with Crippen LogP contribution in [-0.2, 0) is 21.4 Å². The molecule has 0 aliphatic carbocycles. The highest BCUT2D eigenvalue weighted by atomic mass is 32.2. The van der Waals surface area contributed by atoms with Crippen molar-refractivity contribution in [3.8, 4) is 11.3 Å². The molecule has 0 unspecified atom stereocenters. The molecule has 2 aromatic carbocycles. The number of nitrogens with zero attached hydrogens (tertiary/aromatic N) is 4. The molecule has 1 aliphatic rings. The molecule has 8 nitrogen and oxygen atoms in total. The van der Waals surface area contributed by atoms with E-state index in [1.165, 1.54) is 4.31 Å². The topological polar surface area (TPSA) is 88.7 Å². The molecule has 0 atom stereocenters. The number of carbonyl (C=O) groups excluding carboxylic acids is 1. The molecule has 0 spiro atoms. The van der Waals surface area contributed by atoms with Crippen molar-refractivity contribution in [2.24, 2.45) is 0 Å². The predicted octanol–water partition coefficient (Wildman–Crippen LogP) is 3.45. The highest BCUT2D eigenvalue weighted by molar-refractivity contribution is 7.89. The molecule has 176 valence electrons. The summed E-state index contributed by atoms with van der Waals surface area (Å²) in [4.78, 5) is 15.2. The molecular weight excluding hydrogens is 452 g/mol. The zero-order valence-corrected chi connectivity index (χ0v) is 20.0. The van der Waals surface area contributed by atoms with Crippen LogP contribution in [0, 0.1) is 13.8 Å². The summed E-state index contributed by atoms with van der Waals surface area (Å²) >= 11 is 0. The van der Waals surface area contributed by atoms with E-state index in [1.807, 2.05) is 59.2 Å². The second-order valence-corrected chi connectivity index (χ2v) is 10.4. The van der Waals surface area contributed by atoms with Crippen molar-refractivity contribution in [1.29, 1.82) is 0 Å². The number of benzene rings is 2. The summed E-state index contributed by atoms with van der Waals surface area (Å²) in [5, 5.41) is 4.85. The van der Waals surface area contributed by atoms with Crippen LogP contribution in [0.3, 0.4) is 0 Å². The monoisotopic (exact) mass is 478 g/mol. The largest absolute Gasteiger partial charge is 0.360 e. The Bertz CT molecular complexity index is 1430. The van der Waals surface area contributed by atoms with E-state index in [0.29, 0.717) is 18.8 Å². The van der Waals surface area contributed by atoms with Gasteiger partial charge in [0.2, 0.25) is 15.9 Å². The summed E-state index contributed by atoms with van der Waals surface area (Å²) in [5.74, 6) is 0.247. The van der Waals surface area contributed by atoms with Gasteiger partial charge < -0.3 is 14.0 Å². The van der Waals surface area contributed by atoms with Gasteiger partial charge in [0.15, 0.2) is 5.76 Å². The summed E-state index contributed by atoms with van der Waals surface area (Å²) in [6.07, 6.45) is 0. The van der Waals surface area contributed by atoms with Gasteiger partial charge in [-0.3, -0.25) is 4.79 Å². The Morgan fingerprint density at radius 2 is 1.65 bits per heavy atom. The van der Waals surface area contributed by atoms with E-state index >= 15 is 0 Å². The fourth-order valence-electron chi connectivity index (χ4n) is 4.61. The predicted molar refractivity (Wildman–Crippen MR) is 129 cm³/mol. The number of hydrogen-bond donors (Lipinski definition) is 0. The van der Waals surface area contributed by atoms with Crippen molar-refractivity contribution >= 4 is 26.8 Å². The first-order valence-corrected chi connectivity index (χ1v) is 12.6. The van der Waals surface area contributed by atoms with Crippen LogP contribution in [0.2, 0.25) is 0 Å². The lowest BCUT2D eigenvalue weighted by molar-refractivity contribution is -0.132. The summed E-state index contributed by atoms with van der Waals surface area (Å²) in [7, 11) is -3.72. The Morgan fingerprint density at radius 1 is 0.971 bits per heavy atom. The maximum Gasteiger partial charge on any atom is 0.248 e. The second-order valence-electron chi connectivity index (χ2n) is 8.48. The van der Waals surface area contributed by atoms with Crippen LogP contribution < -0.4 is 0 Å². The Balaban J connectivity index is 1.35. The molecule has 1 fully saturated rings. The number of sulfonamides is 1. The van der Waals surface area contributed by atoms with Crippen molar-refractivity contribution in [3.63, 3.8) is 0 Å². The van der Waals surface area contributed by atoms with E-state index in [0.717, 1.165) is 22.2 Å². The van der Waals surface area contributed by atoms with Gasteiger partial charge in [-0.15, -0.1) is 0 Å². The maximum absolute atomic E-state index is 13.3. The maximum atomic E-state index is 13.3. The summed E-state index contributed by atoms with van der Waals surface area (Å²) < 4.78 is 34.7. The molecule has 3 heterocycles. The molecule has 2 aromatic heterocycles. The van der Waals surface area contributed by atoms with Crippen LogP contribution in [0.5, 0.6) is 0 Å². The third-order valence-corrected chi connectivity index (χ3v) is 8.47. The van der Waals surface area contributed by atoms with Gasteiger partial charge in [0, 0.05) is 42.8 Å². The summed E-state index contributed by atoms with van der Waals surface area (Å²) in [6, 6.07) is 20.1. The minimum absolute atomic E-state index is 0.0343. The standard InChI is InChI=1S/C25H26N4O4S/c1-18-25(19(2)33-26-18)34(31,32)28-14-12-27(13-15-28)24(30)17-29-22-11-7-6-10-21(22)16-23(29)20-8-4-3-5-9-20/h3-11,16H,12-15,17H2,1-2H3. The Kier molecular flexibility index (Phi) is 5.75. The molecule has 1 aliphatic heterocycles. The van der Waals surface area contributed by atoms with Gasteiger partial charge in [0.05, 0.1) is 0 Å². The van der Waals surface area contributed by atoms with E-state index in [9.17, 15) is 13.2 Å². The van der Waals surface area contributed by atoms with Gasteiger partial charge >= 0.3 is 0 Å². The fourth-order valence-corrected chi connectivity index (χ4v) is 6.33. The van der Waals surface area contributed by atoms with E-state index in [-0.39, 0.29) is 36.2 Å². The van der Waals surface area contributed by atoms with E-state index in [2.05, 4.69) is 11.2 Å². The van der Waals surface area contributed by atoms with Gasteiger partial charge in [-0.1, -0.05) is 53.7 Å². The summed E-state index contributed by atoms with van der Waals surface area (Å²) in [6.45, 7) is 4.54. The summed E-state index contributed by atoms with van der Waals surface area (Å²) in [5.41, 5.74) is 3.37. The number of fused-ring (bicyclic) bond motifs is 1. The first-order chi connectivity index (χ1) is 16.4. The molecule has 0 N–H and O–H groups in total. The van der Waals surface area contributed by atoms with Crippen LogP contribution in [0.25, 0.3) is 22.2 Å².